The van der Waals surface area contributed by atoms with E-state index in [9.17, 15) is 4.79 Å². The van der Waals surface area contributed by atoms with Crippen LogP contribution in [-0.2, 0) is 4.74 Å². The molecule has 0 aliphatic heterocycles. The summed E-state index contributed by atoms with van der Waals surface area (Å²) in [7, 11) is 0. The highest BCUT2D eigenvalue weighted by Crippen LogP contribution is 2.29. The van der Waals surface area contributed by atoms with Gasteiger partial charge in [0.25, 0.3) is 0 Å². The number of esters is 1. The van der Waals surface area contributed by atoms with E-state index >= 15 is 0 Å². The standard InChI is InChI=1S/C15H14BrClN2O2/c1-2-21-15(20)11-8-10(4-5-13(11)18)19-14-6-3-9(16)7-12(14)17/h3-8,19H,2,18H2,1H3. The number of ether oxygens (including phenoxy) is 1. The lowest BCUT2D eigenvalue weighted by Crippen LogP contribution is -2.08. The van der Waals surface area contributed by atoms with Crippen molar-refractivity contribution in [3.05, 3.63) is 51.5 Å². The quantitative estimate of drug-likeness (QED) is 0.610. The lowest BCUT2D eigenvalue weighted by Gasteiger charge is -2.11. The van der Waals surface area contributed by atoms with Crippen LogP contribution in [0, 0.1) is 0 Å². The summed E-state index contributed by atoms with van der Waals surface area (Å²) in [6, 6.07) is 10.6. The minimum atomic E-state index is -0.444. The Morgan fingerprint density at radius 2 is 2.10 bits per heavy atom. The fourth-order valence-corrected chi connectivity index (χ4v) is 2.49. The van der Waals surface area contributed by atoms with Gasteiger partial charge in [-0.2, -0.15) is 0 Å². The van der Waals surface area contributed by atoms with Gasteiger partial charge in [-0.1, -0.05) is 27.5 Å². The molecule has 0 saturated carbocycles. The molecule has 2 rings (SSSR count). The van der Waals surface area contributed by atoms with Crippen LogP contribution >= 0.6 is 27.5 Å². The molecule has 4 nitrogen and oxygen atoms in total. The minimum Gasteiger partial charge on any atom is -0.462 e. The number of benzene rings is 2. The predicted molar refractivity (Wildman–Crippen MR) is 89.2 cm³/mol. The maximum absolute atomic E-state index is 11.8. The van der Waals surface area contributed by atoms with E-state index in [-0.39, 0.29) is 0 Å². The Morgan fingerprint density at radius 1 is 1.33 bits per heavy atom. The van der Waals surface area contributed by atoms with Crippen molar-refractivity contribution in [2.45, 2.75) is 6.92 Å². The topological polar surface area (TPSA) is 64.3 Å². The lowest BCUT2D eigenvalue weighted by molar-refractivity contribution is 0.0527. The fraction of sp³-hybridized carbons (Fsp3) is 0.133. The van der Waals surface area contributed by atoms with Crippen molar-refractivity contribution in [1.29, 1.82) is 0 Å². The third kappa shape index (κ3) is 3.89. The molecule has 0 radical (unpaired) electrons. The Morgan fingerprint density at radius 3 is 2.76 bits per heavy atom. The summed E-state index contributed by atoms with van der Waals surface area (Å²) in [5.41, 5.74) is 7.95. The number of halogens is 2. The zero-order valence-corrected chi connectivity index (χ0v) is 13.7. The van der Waals surface area contributed by atoms with Gasteiger partial charge in [-0.25, -0.2) is 4.79 Å². The van der Waals surface area contributed by atoms with Crippen LogP contribution in [0.25, 0.3) is 0 Å². The molecular weight excluding hydrogens is 356 g/mol. The first kappa shape index (κ1) is 15.7. The highest BCUT2D eigenvalue weighted by molar-refractivity contribution is 9.10. The van der Waals surface area contributed by atoms with E-state index in [4.69, 9.17) is 22.1 Å². The molecule has 0 bridgehead atoms. The van der Waals surface area contributed by atoms with Crippen molar-refractivity contribution in [1.82, 2.24) is 0 Å². The fourth-order valence-electron chi connectivity index (χ4n) is 1.77. The Labute approximate surface area is 136 Å². The number of nitrogens with one attached hydrogen (secondary N) is 1. The van der Waals surface area contributed by atoms with E-state index in [0.29, 0.717) is 28.6 Å². The van der Waals surface area contributed by atoms with Gasteiger partial charge in [0, 0.05) is 15.8 Å². The molecule has 0 saturated heterocycles. The van der Waals surface area contributed by atoms with Crippen molar-refractivity contribution in [2.75, 3.05) is 17.7 Å². The van der Waals surface area contributed by atoms with Gasteiger partial charge in [-0.15, -0.1) is 0 Å². The van der Waals surface area contributed by atoms with E-state index in [0.717, 1.165) is 10.2 Å². The zero-order chi connectivity index (χ0) is 15.4. The number of carbonyl (C=O) groups is 1. The van der Waals surface area contributed by atoms with Crippen LogP contribution in [0.2, 0.25) is 5.02 Å². The van der Waals surface area contributed by atoms with Gasteiger partial charge in [-0.3, -0.25) is 0 Å². The Balaban J connectivity index is 2.28. The average molecular weight is 370 g/mol. The summed E-state index contributed by atoms with van der Waals surface area (Å²) in [6.45, 7) is 2.05. The summed E-state index contributed by atoms with van der Waals surface area (Å²) in [5.74, 6) is -0.444. The Hall–Kier alpha value is -1.72. The lowest BCUT2D eigenvalue weighted by atomic mass is 10.1. The van der Waals surface area contributed by atoms with Gasteiger partial charge in [0.2, 0.25) is 0 Å². The monoisotopic (exact) mass is 368 g/mol. The average Bonchev–Trinajstić information content (AvgIpc) is 2.44. The third-order valence-electron chi connectivity index (χ3n) is 2.76. The summed E-state index contributed by atoms with van der Waals surface area (Å²) in [5, 5.41) is 3.72. The number of hydrogen-bond donors (Lipinski definition) is 2. The molecule has 110 valence electrons. The van der Waals surface area contributed by atoms with E-state index in [1.165, 1.54) is 0 Å². The first-order valence-electron chi connectivity index (χ1n) is 6.30. The van der Waals surface area contributed by atoms with Gasteiger partial charge >= 0.3 is 5.97 Å². The van der Waals surface area contributed by atoms with Gasteiger partial charge in [0.15, 0.2) is 0 Å². The normalized spacial score (nSPS) is 10.2. The number of anilines is 3. The minimum absolute atomic E-state index is 0.300. The predicted octanol–water partition coefficient (Wildman–Crippen LogP) is 4.61. The number of rotatable bonds is 4. The van der Waals surface area contributed by atoms with Gasteiger partial charge in [0.1, 0.15) is 0 Å². The molecule has 6 heteroatoms. The number of nitrogen functional groups attached to an aromatic ring is 1. The molecule has 0 aliphatic carbocycles. The molecule has 2 aromatic rings. The Kier molecular flexibility index (Phi) is 5.09. The van der Waals surface area contributed by atoms with Crippen LogP contribution in [0.3, 0.4) is 0 Å². The zero-order valence-electron chi connectivity index (χ0n) is 11.3. The highest BCUT2D eigenvalue weighted by atomic mass is 79.9. The van der Waals surface area contributed by atoms with E-state index < -0.39 is 5.97 Å². The molecule has 3 N–H and O–H groups in total. The summed E-state index contributed by atoms with van der Waals surface area (Å²) < 4.78 is 5.87. The van der Waals surface area contributed by atoms with Crippen molar-refractivity contribution in [3.63, 3.8) is 0 Å². The molecule has 0 amide bonds. The molecule has 0 spiro atoms. The molecule has 0 fully saturated rings. The van der Waals surface area contributed by atoms with Crippen LogP contribution in [0.4, 0.5) is 17.1 Å². The summed E-state index contributed by atoms with van der Waals surface area (Å²) in [6.07, 6.45) is 0. The van der Waals surface area contributed by atoms with Crippen LogP contribution in [0.1, 0.15) is 17.3 Å². The molecule has 21 heavy (non-hydrogen) atoms. The molecule has 0 aliphatic rings. The largest absolute Gasteiger partial charge is 0.462 e. The molecule has 0 unspecified atom stereocenters. The second-order valence-corrected chi connectivity index (χ2v) is 5.59. The van der Waals surface area contributed by atoms with Crippen LogP contribution in [0.15, 0.2) is 40.9 Å². The van der Waals surface area contributed by atoms with Crippen molar-refractivity contribution < 1.29 is 9.53 Å². The molecular formula is C15H14BrClN2O2. The summed E-state index contributed by atoms with van der Waals surface area (Å²) in [4.78, 5) is 11.8. The first-order chi connectivity index (χ1) is 10.0. The number of carbonyl (C=O) groups excluding carboxylic acids is 1. The second kappa shape index (κ2) is 6.83. The maximum Gasteiger partial charge on any atom is 0.340 e. The van der Waals surface area contributed by atoms with Crippen molar-refractivity contribution >= 4 is 50.6 Å². The van der Waals surface area contributed by atoms with E-state index in [1.54, 1.807) is 31.2 Å². The van der Waals surface area contributed by atoms with Gasteiger partial charge in [0.05, 0.1) is 22.9 Å². The number of hydrogen-bond acceptors (Lipinski definition) is 4. The van der Waals surface area contributed by atoms with Crippen molar-refractivity contribution in [2.24, 2.45) is 0 Å². The second-order valence-electron chi connectivity index (χ2n) is 4.27. The third-order valence-corrected chi connectivity index (χ3v) is 3.56. The van der Waals surface area contributed by atoms with Gasteiger partial charge < -0.3 is 15.8 Å². The maximum atomic E-state index is 11.8. The molecule has 0 heterocycles. The molecule has 0 atom stereocenters. The molecule has 2 aromatic carbocycles. The summed E-state index contributed by atoms with van der Waals surface area (Å²) >= 11 is 9.50. The molecule has 0 aromatic heterocycles. The first-order valence-corrected chi connectivity index (χ1v) is 7.47. The smallest absolute Gasteiger partial charge is 0.340 e. The van der Waals surface area contributed by atoms with Crippen molar-refractivity contribution in [3.8, 4) is 0 Å². The highest BCUT2D eigenvalue weighted by Gasteiger charge is 2.12. The van der Waals surface area contributed by atoms with Gasteiger partial charge in [-0.05, 0) is 43.3 Å². The van der Waals surface area contributed by atoms with E-state index in [2.05, 4.69) is 21.2 Å². The van der Waals surface area contributed by atoms with Crippen LogP contribution < -0.4 is 11.1 Å². The van der Waals surface area contributed by atoms with Crippen LogP contribution in [0.5, 0.6) is 0 Å². The van der Waals surface area contributed by atoms with Crippen LogP contribution in [-0.4, -0.2) is 12.6 Å². The Bertz CT molecular complexity index is 677. The SMILES string of the molecule is CCOC(=O)c1cc(Nc2ccc(Br)cc2Cl)ccc1N. The van der Waals surface area contributed by atoms with E-state index in [1.807, 2.05) is 12.1 Å². The number of nitrogens with two attached hydrogens (primary N) is 1.